The van der Waals surface area contributed by atoms with Crippen LogP contribution in [0.5, 0.6) is 17.2 Å². The Kier molecular flexibility index (Phi) is 7.82. The van der Waals surface area contributed by atoms with Crippen molar-refractivity contribution < 1.29 is 33.6 Å². The SMILES string of the molecule is COc1ccc2[nH]cc(CCNC(=O)C3=C[C@@H](c4ccc5c(c4)OCO5)C[C@@H](OCCCCO)O3)c2c1. The van der Waals surface area contributed by atoms with Crippen LogP contribution in [0.25, 0.3) is 10.9 Å². The summed E-state index contributed by atoms with van der Waals surface area (Å²) in [5, 5.41) is 13.1. The van der Waals surface area contributed by atoms with Crippen LogP contribution in [0, 0.1) is 0 Å². The zero-order valence-corrected chi connectivity index (χ0v) is 20.8. The number of H-pyrrole nitrogens is 1. The van der Waals surface area contributed by atoms with Crippen molar-refractivity contribution in [1.82, 2.24) is 10.3 Å². The lowest BCUT2D eigenvalue weighted by molar-refractivity contribution is -0.146. The fourth-order valence-electron chi connectivity index (χ4n) is 4.61. The number of rotatable bonds is 11. The van der Waals surface area contributed by atoms with Gasteiger partial charge in [0.05, 0.1) is 13.7 Å². The first-order valence-electron chi connectivity index (χ1n) is 12.6. The third kappa shape index (κ3) is 5.84. The van der Waals surface area contributed by atoms with Gasteiger partial charge in [-0.05, 0) is 66.8 Å². The van der Waals surface area contributed by atoms with Gasteiger partial charge in [-0.15, -0.1) is 0 Å². The third-order valence-corrected chi connectivity index (χ3v) is 6.62. The Morgan fingerprint density at radius 3 is 2.92 bits per heavy atom. The molecule has 0 aliphatic carbocycles. The number of benzene rings is 2. The molecule has 2 atom stereocenters. The van der Waals surface area contributed by atoms with Crippen molar-refractivity contribution in [1.29, 1.82) is 0 Å². The number of aliphatic hydroxyl groups excluding tert-OH is 1. The van der Waals surface area contributed by atoms with Crippen molar-refractivity contribution in [3.8, 4) is 17.2 Å². The average Bonchev–Trinajstić information content (AvgIpc) is 3.57. The molecule has 9 nitrogen and oxygen atoms in total. The Hall–Kier alpha value is -3.69. The molecule has 0 saturated heterocycles. The van der Waals surface area contributed by atoms with E-state index in [4.69, 9.17) is 28.8 Å². The second-order valence-electron chi connectivity index (χ2n) is 9.07. The lowest BCUT2D eigenvalue weighted by Gasteiger charge is -2.29. The molecule has 0 radical (unpaired) electrons. The van der Waals surface area contributed by atoms with Crippen LogP contribution in [0.3, 0.4) is 0 Å². The number of carbonyl (C=O) groups excluding carboxylic acids is 1. The standard InChI is InChI=1S/C28H32N2O7/c1-33-21-5-6-23-22(15-21)19(16-30-23)8-9-29-28(32)26-13-20(14-27(37-26)34-11-3-2-10-31)18-4-7-24-25(12-18)36-17-35-24/h4-7,12-13,15-16,20,27,30-31H,2-3,8-11,14,17H2,1H3,(H,29,32)/t20-,27+/m1/s1. The first kappa shape index (κ1) is 25.0. The number of aromatic amines is 1. The molecule has 0 unspecified atom stereocenters. The number of ether oxygens (including phenoxy) is 5. The molecule has 37 heavy (non-hydrogen) atoms. The Morgan fingerprint density at radius 2 is 2.05 bits per heavy atom. The maximum Gasteiger partial charge on any atom is 0.286 e. The molecule has 1 amide bonds. The zero-order valence-electron chi connectivity index (χ0n) is 20.8. The number of hydrogen-bond donors (Lipinski definition) is 3. The molecule has 0 bridgehead atoms. The van der Waals surface area contributed by atoms with Gasteiger partial charge in [-0.1, -0.05) is 6.07 Å². The molecular formula is C28H32N2O7. The number of nitrogens with one attached hydrogen (secondary N) is 2. The molecule has 1 aromatic heterocycles. The summed E-state index contributed by atoms with van der Waals surface area (Å²) in [6.07, 6.45) is 5.81. The van der Waals surface area contributed by atoms with E-state index in [0.717, 1.165) is 27.8 Å². The van der Waals surface area contributed by atoms with E-state index < -0.39 is 6.29 Å². The van der Waals surface area contributed by atoms with Crippen LogP contribution in [-0.4, -0.2) is 55.9 Å². The van der Waals surface area contributed by atoms with Crippen LogP contribution in [0.2, 0.25) is 0 Å². The Balaban J connectivity index is 1.26. The minimum Gasteiger partial charge on any atom is -0.497 e. The highest BCUT2D eigenvalue weighted by molar-refractivity contribution is 5.92. The van der Waals surface area contributed by atoms with Gasteiger partial charge in [-0.25, -0.2) is 0 Å². The van der Waals surface area contributed by atoms with Crippen LogP contribution >= 0.6 is 0 Å². The van der Waals surface area contributed by atoms with Crippen molar-refractivity contribution in [2.24, 2.45) is 0 Å². The number of allylic oxidation sites excluding steroid dienone is 1. The summed E-state index contributed by atoms with van der Waals surface area (Å²) >= 11 is 0. The second kappa shape index (κ2) is 11.6. The van der Waals surface area contributed by atoms with E-state index in [1.165, 1.54) is 0 Å². The number of unbranched alkanes of at least 4 members (excludes halogenated alkanes) is 1. The largest absolute Gasteiger partial charge is 0.497 e. The molecule has 2 aliphatic heterocycles. The molecule has 2 aromatic carbocycles. The van der Waals surface area contributed by atoms with Gasteiger partial charge in [-0.2, -0.15) is 0 Å². The molecule has 3 heterocycles. The highest BCUT2D eigenvalue weighted by atomic mass is 16.7. The van der Waals surface area contributed by atoms with E-state index in [1.807, 2.05) is 48.7 Å². The van der Waals surface area contributed by atoms with Crippen molar-refractivity contribution in [2.45, 2.75) is 37.9 Å². The molecule has 196 valence electrons. The van der Waals surface area contributed by atoms with E-state index in [9.17, 15) is 4.79 Å². The highest BCUT2D eigenvalue weighted by Gasteiger charge is 2.29. The van der Waals surface area contributed by atoms with Gasteiger partial charge in [0, 0.05) is 42.6 Å². The molecule has 0 saturated carbocycles. The lowest BCUT2D eigenvalue weighted by atomic mass is 9.92. The molecule has 2 aliphatic rings. The van der Waals surface area contributed by atoms with E-state index in [1.54, 1.807) is 7.11 Å². The van der Waals surface area contributed by atoms with E-state index >= 15 is 0 Å². The third-order valence-electron chi connectivity index (χ3n) is 6.62. The Labute approximate surface area is 215 Å². The number of carbonyl (C=O) groups is 1. The Morgan fingerprint density at radius 1 is 1.16 bits per heavy atom. The van der Waals surface area contributed by atoms with Crippen molar-refractivity contribution in [3.63, 3.8) is 0 Å². The first-order chi connectivity index (χ1) is 18.1. The molecular weight excluding hydrogens is 476 g/mol. The fourth-order valence-corrected chi connectivity index (χ4v) is 4.61. The molecule has 3 N–H and O–H groups in total. The number of aromatic nitrogens is 1. The van der Waals surface area contributed by atoms with Crippen LogP contribution < -0.4 is 19.5 Å². The average molecular weight is 509 g/mol. The van der Waals surface area contributed by atoms with Crippen LogP contribution in [0.15, 0.2) is 54.4 Å². The van der Waals surface area contributed by atoms with Crippen molar-refractivity contribution >= 4 is 16.8 Å². The van der Waals surface area contributed by atoms with Crippen LogP contribution in [0.4, 0.5) is 0 Å². The van der Waals surface area contributed by atoms with E-state index in [0.29, 0.717) is 50.3 Å². The second-order valence-corrected chi connectivity index (χ2v) is 9.07. The summed E-state index contributed by atoms with van der Waals surface area (Å²) in [7, 11) is 1.64. The lowest BCUT2D eigenvalue weighted by Crippen LogP contribution is -2.34. The number of fused-ring (bicyclic) bond motifs is 2. The molecule has 5 rings (SSSR count). The minimum atomic E-state index is -0.569. The maximum atomic E-state index is 13.1. The molecule has 0 spiro atoms. The first-order valence-corrected chi connectivity index (χ1v) is 12.6. The fraction of sp³-hybridized carbons (Fsp3) is 0.393. The van der Waals surface area contributed by atoms with Gasteiger partial charge in [0.2, 0.25) is 13.1 Å². The monoisotopic (exact) mass is 508 g/mol. The highest BCUT2D eigenvalue weighted by Crippen LogP contribution is 2.38. The topological polar surface area (TPSA) is 111 Å². The van der Waals surface area contributed by atoms with Crippen molar-refractivity contribution in [2.75, 3.05) is 33.7 Å². The number of aliphatic hydroxyl groups is 1. The summed E-state index contributed by atoms with van der Waals surface area (Å²) in [6.45, 7) is 1.21. The molecule has 3 aromatic rings. The van der Waals surface area contributed by atoms with Gasteiger partial charge in [0.1, 0.15) is 5.75 Å². The summed E-state index contributed by atoms with van der Waals surface area (Å²) in [5.41, 5.74) is 3.11. The Bertz CT molecular complexity index is 1270. The minimum absolute atomic E-state index is 0.0899. The van der Waals surface area contributed by atoms with Gasteiger partial charge in [-0.3, -0.25) is 4.79 Å². The van der Waals surface area contributed by atoms with Crippen molar-refractivity contribution in [3.05, 3.63) is 65.6 Å². The van der Waals surface area contributed by atoms with Gasteiger partial charge in [0.25, 0.3) is 5.91 Å². The summed E-state index contributed by atoms with van der Waals surface area (Å²) in [5.74, 6) is 2.06. The van der Waals surface area contributed by atoms with Crippen LogP contribution in [0.1, 0.15) is 36.3 Å². The summed E-state index contributed by atoms with van der Waals surface area (Å²) in [6, 6.07) is 11.7. The maximum absolute atomic E-state index is 13.1. The zero-order chi connectivity index (χ0) is 25.6. The van der Waals surface area contributed by atoms with Gasteiger partial charge < -0.3 is 39.1 Å². The van der Waals surface area contributed by atoms with Crippen LogP contribution in [-0.2, 0) is 20.7 Å². The van der Waals surface area contributed by atoms with Gasteiger partial charge >= 0.3 is 0 Å². The molecule has 0 fully saturated rings. The smallest absolute Gasteiger partial charge is 0.286 e. The predicted octanol–water partition coefficient (Wildman–Crippen LogP) is 3.77. The number of amides is 1. The van der Waals surface area contributed by atoms with E-state index in [-0.39, 0.29) is 31.0 Å². The quantitative estimate of drug-likeness (QED) is 0.338. The number of hydrogen-bond acceptors (Lipinski definition) is 7. The summed E-state index contributed by atoms with van der Waals surface area (Å²) in [4.78, 5) is 16.4. The summed E-state index contributed by atoms with van der Waals surface area (Å²) < 4.78 is 28.2. The van der Waals surface area contributed by atoms with E-state index in [2.05, 4.69) is 10.3 Å². The normalized spacial score (nSPS) is 18.4. The number of methoxy groups -OCH3 is 1. The van der Waals surface area contributed by atoms with Gasteiger partial charge in [0.15, 0.2) is 17.3 Å². The predicted molar refractivity (Wildman–Crippen MR) is 137 cm³/mol. The molecule has 9 heteroatoms.